The number of carbonyl (C=O) groups excluding carboxylic acids is 1. The van der Waals surface area contributed by atoms with E-state index >= 15 is 0 Å². The Morgan fingerprint density at radius 1 is 1.44 bits per heavy atom. The van der Waals surface area contributed by atoms with E-state index in [4.69, 9.17) is 5.73 Å². The number of hydrogen-bond acceptors (Lipinski definition) is 5. The zero-order valence-corrected chi connectivity index (χ0v) is 12.8. The van der Waals surface area contributed by atoms with Gasteiger partial charge < -0.3 is 11.1 Å². The monoisotopic (exact) mass is 292 g/mol. The van der Waals surface area contributed by atoms with E-state index in [9.17, 15) is 4.79 Å². The average molecular weight is 293 g/mol. The minimum atomic E-state index is -0.579. The minimum absolute atomic E-state index is 0. The molecular weight excluding hydrogens is 272 g/mol. The molecule has 1 heterocycles. The number of nitrogens with two attached hydrogens (primary N) is 1. The highest BCUT2D eigenvalue weighted by Crippen LogP contribution is 2.21. The summed E-state index contributed by atoms with van der Waals surface area (Å²) in [5.74, 6) is 0.416. The van der Waals surface area contributed by atoms with Crippen LogP contribution in [-0.2, 0) is 11.2 Å². The molecule has 0 aromatic carbocycles. The summed E-state index contributed by atoms with van der Waals surface area (Å²) in [6.07, 6.45) is 0.883. The lowest BCUT2D eigenvalue weighted by atomic mass is 9.93. The quantitative estimate of drug-likeness (QED) is 0.870. The molecule has 3 N–H and O–H groups in total. The molecule has 5 nitrogen and oxygen atoms in total. The molecule has 0 fully saturated rings. The van der Waals surface area contributed by atoms with Gasteiger partial charge in [0, 0.05) is 13.0 Å². The van der Waals surface area contributed by atoms with Gasteiger partial charge in [-0.3, -0.25) is 4.79 Å². The number of amides is 1. The van der Waals surface area contributed by atoms with Gasteiger partial charge in [-0.05, 0) is 19.8 Å². The van der Waals surface area contributed by atoms with Crippen molar-refractivity contribution in [2.24, 2.45) is 17.1 Å². The van der Waals surface area contributed by atoms with E-state index in [1.165, 1.54) is 11.3 Å². The van der Waals surface area contributed by atoms with Gasteiger partial charge >= 0.3 is 0 Å². The topological polar surface area (TPSA) is 80.9 Å². The average Bonchev–Trinajstić information content (AvgIpc) is 2.64. The molecule has 0 bridgehead atoms. The standard InChI is InChI=1S/C11H20N4OS.ClH/c1-7(2)5-8-14-15-10(17-8)13-9(16)11(3,4)6-12;/h7H,5-6,12H2,1-4H3,(H,13,15,16);1H. The highest BCUT2D eigenvalue weighted by Gasteiger charge is 2.26. The molecule has 0 aliphatic rings. The molecule has 1 aromatic rings. The maximum absolute atomic E-state index is 11.8. The van der Waals surface area contributed by atoms with Crippen LogP contribution in [0.3, 0.4) is 0 Å². The zero-order valence-electron chi connectivity index (χ0n) is 11.2. The van der Waals surface area contributed by atoms with E-state index < -0.39 is 5.41 Å². The van der Waals surface area contributed by atoms with Crippen molar-refractivity contribution in [3.05, 3.63) is 5.01 Å². The van der Waals surface area contributed by atoms with Gasteiger partial charge in [-0.25, -0.2) is 0 Å². The van der Waals surface area contributed by atoms with Crippen molar-refractivity contribution in [3.63, 3.8) is 0 Å². The predicted octanol–water partition coefficient (Wildman–Crippen LogP) is 2.08. The number of anilines is 1. The van der Waals surface area contributed by atoms with Gasteiger partial charge in [0.05, 0.1) is 5.41 Å². The normalized spacial score (nSPS) is 11.2. The second kappa shape index (κ2) is 7.01. The zero-order chi connectivity index (χ0) is 13.1. The van der Waals surface area contributed by atoms with Crippen molar-refractivity contribution in [2.75, 3.05) is 11.9 Å². The van der Waals surface area contributed by atoms with Crippen molar-refractivity contribution in [1.29, 1.82) is 0 Å². The van der Waals surface area contributed by atoms with E-state index in [1.54, 1.807) is 13.8 Å². The summed E-state index contributed by atoms with van der Waals surface area (Å²) in [4.78, 5) is 11.8. The lowest BCUT2D eigenvalue weighted by Gasteiger charge is -2.19. The Morgan fingerprint density at radius 2 is 2.06 bits per heavy atom. The van der Waals surface area contributed by atoms with Crippen molar-refractivity contribution in [1.82, 2.24) is 10.2 Å². The van der Waals surface area contributed by atoms with Gasteiger partial charge in [0.1, 0.15) is 5.01 Å². The van der Waals surface area contributed by atoms with E-state index in [-0.39, 0.29) is 18.3 Å². The van der Waals surface area contributed by atoms with Crippen molar-refractivity contribution in [2.45, 2.75) is 34.1 Å². The molecule has 1 amide bonds. The van der Waals surface area contributed by atoms with E-state index in [0.717, 1.165) is 11.4 Å². The van der Waals surface area contributed by atoms with Crippen LogP contribution in [0.1, 0.15) is 32.7 Å². The maximum Gasteiger partial charge on any atom is 0.233 e. The number of hydrogen-bond donors (Lipinski definition) is 2. The molecule has 0 saturated heterocycles. The Labute approximate surface area is 118 Å². The van der Waals surface area contributed by atoms with Crippen molar-refractivity contribution >= 4 is 34.8 Å². The minimum Gasteiger partial charge on any atom is -0.329 e. The third-order valence-electron chi connectivity index (χ3n) is 2.40. The van der Waals surface area contributed by atoms with Gasteiger partial charge in [0.2, 0.25) is 11.0 Å². The fraction of sp³-hybridized carbons (Fsp3) is 0.727. The lowest BCUT2D eigenvalue weighted by Crippen LogP contribution is -2.37. The Hall–Kier alpha value is -0.720. The van der Waals surface area contributed by atoms with Gasteiger partial charge in [0.15, 0.2) is 0 Å². The Balaban J connectivity index is 0.00000289. The SMILES string of the molecule is CC(C)Cc1nnc(NC(=O)C(C)(C)CN)s1.Cl. The summed E-state index contributed by atoms with van der Waals surface area (Å²) in [5, 5.41) is 12.2. The smallest absolute Gasteiger partial charge is 0.233 e. The van der Waals surface area contributed by atoms with Crippen molar-refractivity contribution < 1.29 is 4.79 Å². The van der Waals surface area contributed by atoms with Crippen LogP contribution >= 0.6 is 23.7 Å². The first-order valence-electron chi connectivity index (χ1n) is 5.69. The van der Waals surface area contributed by atoms with Crippen LogP contribution < -0.4 is 11.1 Å². The fourth-order valence-corrected chi connectivity index (χ4v) is 2.04. The molecule has 0 spiro atoms. The highest BCUT2D eigenvalue weighted by molar-refractivity contribution is 7.15. The van der Waals surface area contributed by atoms with E-state index in [0.29, 0.717) is 17.6 Å². The molecule has 0 saturated carbocycles. The molecule has 1 rings (SSSR count). The summed E-state index contributed by atoms with van der Waals surface area (Å²) in [5.41, 5.74) is 4.96. The van der Waals surface area contributed by atoms with Gasteiger partial charge in [-0.2, -0.15) is 0 Å². The Bertz CT molecular complexity index is 392. The van der Waals surface area contributed by atoms with Gasteiger partial charge in [-0.1, -0.05) is 25.2 Å². The molecule has 0 aliphatic heterocycles. The van der Waals surface area contributed by atoms with Crippen LogP contribution in [0, 0.1) is 11.3 Å². The Morgan fingerprint density at radius 3 is 2.56 bits per heavy atom. The first-order chi connectivity index (χ1) is 7.85. The summed E-state index contributed by atoms with van der Waals surface area (Å²) >= 11 is 1.42. The lowest BCUT2D eigenvalue weighted by molar-refractivity contribution is -0.123. The van der Waals surface area contributed by atoms with Crippen LogP contribution in [0.15, 0.2) is 0 Å². The first kappa shape index (κ1) is 17.3. The predicted molar refractivity (Wildman–Crippen MR) is 77.2 cm³/mol. The first-order valence-corrected chi connectivity index (χ1v) is 6.50. The summed E-state index contributed by atoms with van der Waals surface area (Å²) in [6, 6.07) is 0. The highest BCUT2D eigenvalue weighted by atomic mass is 35.5. The second-order valence-electron chi connectivity index (χ2n) is 5.14. The second-order valence-corrected chi connectivity index (χ2v) is 6.20. The van der Waals surface area contributed by atoms with Gasteiger partial charge in [0.25, 0.3) is 0 Å². The molecule has 7 heteroatoms. The fourth-order valence-electron chi connectivity index (χ4n) is 1.09. The molecule has 0 radical (unpaired) electrons. The third-order valence-corrected chi connectivity index (χ3v) is 3.26. The third kappa shape index (κ3) is 4.88. The summed E-state index contributed by atoms with van der Waals surface area (Å²) in [7, 11) is 0. The molecule has 0 aliphatic carbocycles. The number of aromatic nitrogens is 2. The van der Waals surface area contributed by atoms with E-state index in [1.807, 2.05) is 0 Å². The van der Waals surface area contributed by atoms with E-state index in [2.05, 4.69) is 29.4 Å². The van der Waals surface area contributed by atoms with Crippen LogP contribution in [0.4, 0.5) is 5.13 Å². The maximum atomic E-state index is 11.8. The molecule has 0 unspecified atom stereocenters. The summed E-state index contributed by atoms with van der Waals surface area (Å²) < 4.78 is 0. The number of rotatable bonds is 5. The summed E-state index contributed by atoms with van der Waals surface area (Å²) in [6.45, 7) is 8.15. The number of halogens is 1. The molecule has 18 heavy (non-hydrogen) atoms. The van der Waals surface area contributed by atoms with Crippen LogP contribution in [0.25, 0.3) is 0 Å². The Kier molecular flexibility index (Phi) is 6.73. The van der Waals surface area contributed by atoms with Crippen LogP contribution in [-0.4, -0.2) is 22.6 Å². The molecular formula is C11H21ClN4OS. The molecule has 104 valence electrons. The van der Waals surface area contributed by atoms with Gasteiger partial charge in [-0.15, -0.1) is 22.6 Å². The number of carbonyl (C=O) groups is 1. The van der Waals surface area contributed by atoms with Crippen molar-refractivity contribution in [3.8, 4) is 0 Å². The van der Waals surface area contributed by atoms with Crippen LogP contribution in [0.2, 0.25) is 0 Å². The molecule has 0 atom stereocenters. The molecule has 1 aromatic heterocycles. The number of nitrogens with one attached hydrogen (secondary N) is 1. The largest absolute Gasteiger partial charge is 0.329 e. The van der Waals surface area contributed by atoms with Crippen LogP contribution in [0.5, 0.6) is 0 Å². The number of nitrogens with zero attached hydrogens (tertiary/aromatic N) is 2.